The SMILES string of the molecule is CCN(CC)C1(C(N)c2ccc(OC)c(F)c2)CCCC1. The Hall–Kier alpha value is -1.13. The van der Waals surface area contributed by atoms with Gasteiger partial charge in [-0.1, -0.05) is 32.8 Å². The molecule has 2 N–H and O–H groups in total. The normalized spacial score (nSPS) is 19.0. The quantitative estimate of drug-likeness (QED) is 0.873. The third-order valence-electron chi connectivity index (χ3n) is 4.98. The van der Waals surface area contributed by atoms with Gasteiger partial charge in [0.15, 0.2) is 11.6 Å². The molecule has 1 aliphatic rings. The van der Waals surface area contributed by atoms with Crippen molar-refractivity contribution >= 4 is 0 Å². The van der Waals surface area contributed by atoms with Gasteiger partial charge in [-0.05, 0) is 43.6 Å². The zero-order valence-electron chi connectivity index (χ0n) is 13.4. The molecule has 0 spiro atoms. The molecule has 4 heteroatoms. The molecule has 0 bridgehead atoms. The topological polar surface area (TPSA) is 38.5 Å². The number of hydrogen-bond acceptors (Lipinski definition) is 3. The van der Waals surface area contributed by atoms with E-state index in [4.69, 9.17) is 10.5 Å². The maximum absolute atomic E-state index is 14.0. The molecule has 3 nitrogen and oxygen atoms in total. The second-order valence-electron chi connectivity index (χ2n) is 5.85. The van der Waals surface area contributed by atoms with Gasteiger partial charge in [0.2, 0.25) is 0 Å². The summed E-state index contributed by atoms with van der Waals surface area (Å²) in [5.41, 5.74) is 7.42. The standard InChI is InChI=1S/C17H27FN2O/c1-4-20(5-2)17(10-6-7-11-17)16(19)13-8-9-15(21-3)14(18)12-13/h8-9,12,16H,4-7,10-11,19H2,1-3H3. The highest BCUT2D eigenvalue weighted by molar-refractivity contribution is 5.33. The zero-order chi connectivity index (χ0) is 15.5. The maximum atomic E-state index is 14.0. The van der Waals surface area contributed by atoms with Crippen molar-refractivity contribution in [2.75, 3.05) is 20.2 Å². The first-order chi connectivity index (χ1) is 10.1. The van der Waals surface area contributed by atoms with E-state index in [1.807, 2.05) is 6.07 Å². The summed E-state index contributed by atoms with van der Waals surface area (Å²) >= 11 is 0. The molecule has 1 aromatic rings. The van der Waals surface area contributed by atoms with Crippen molar-refractivity contribution in [3.05, 3.63) is 29.6 Å². The Bertz CT molecular complexity index is 468. The fraction of sp³-hybridized carbons (Fsp3) is 0.647. The van der Waals surface area contributed by atoms with Gasteiger partial charge >= 0.3 is 0 Å². The summed E-state index contributed by atoms with van der Waals surface area (Å²) in [7, 11) is 1.48. The highest BCUT2D eigenvalue weighted by Gasteiger charge is 2.44. The monoisotopic (exact) mass is 294 g/mol. The molecule has 0 amide bonds. The number of halogens is 1. The number of rotatable bonds is 6. The predicted molar refractivity (Wildman–Crippen MR) is 84.0 cm³/mol. The van der Waals surface area contributed by atoms with Gasteiger partial charge in [-0.25, -0.2) is 4.39 Å². The zero-order valence-corrected chi connectivity index (χ0v) is 13.4. The van der Waals surface area contributed by atoms with Crippen LogP contribution < -0.4 is 10.5 Å². The Morgan fingerprint density at radius 1 is 1.29 bits per heavy atom. The van der Waals surface area contributed by atoms with E-state index in [0.29, 0.717) is 0 Å². The molecule has 1 atom stereocenters. The van der Waals surface area contributed by atoms with Gasteiger partial charge < -0.3 is 10.5 Å². The van der Waals surface area contributed by atoms with Crippen LogP contribution in [0.25, 0.3) is 0 Å². The van der Waals surface area contributed by atoms with Crippen LogP contribution in [0.1, 0.15) is 51.1 Å². The average molecular weight is 294 g/mol. The van der Waals surface area contributed by atoms with Gasteiger partial charge in [0.25, 0.3) is 0 Å². The Morgan fingerprint density at radius 3 is 2.38 bits per heavy atom. The van der Waals surface area contributed by atoms with E-state index in [1.165, 1.54) is 26.0 Å². The van der Waals surface area contributed by atoms with Crippen LogP contribution in [0.15, 0.2) is 18.2 Å². The van der Waals surface area contributed by atoms with Crippen LogP contribution in [-0.2, 0) is 0 Å². The number of nitrogens with zero attached hydrogens (tertiary/aromatic N) is 1. The van der Waals surface area contributed by atoms with Crippen molar-refractivity contribution in [1.82, 2.24) is 4.90 Å². The van der Waals surface area contributed by atoms with E-state index in [9.17, 15) is 4.39 Å². The summed E-state index contributed by atoms with van der Waals surface area (Å²) in [6.45, 7) is 6.29. The summed E-state index contributed by atoms with van der Waals surface area (Å²) in [4.78, 5) is 2.45. The highest BCUT2D eigenvalue weighted by atomic mass is 19.1. The highest BCUT2D eigenvalue weighted by Crippen LogP contribution is 2.43. The van der Waals surface area contributed by atoms with Crippen LogP contribution in [0, 0.1) is 5.82 Å². The van der Waals surface area contributed by atoms with E-state index < -0.39 is 0 Å². The van der Waals surface area contributed by atoms with Crippen LogP contribution >= 0.6 is 0 Å². The van der Waals surface area contributed by atoms with Crippen molar-refractivity contribution in [3.63, 3.8) is 0 Å². The maximum Gasteiger partial charge on any atom is 0.165 e. The van der Waals surface area contributed by atoms with Crippen molar-refractivity contribution in [3.8, 4) is 5.75 Å². The fourth-order valence-corrected chi connectivity index (χ4v) is 3.85. The van der Waals surface area contributed by atoms with E-state index >= 15 is 0 Å². The Morgan fingerprint density at radius 2 is 1.90 bits per heavy atom. The van der Waals surface area contributed by atoms with Crippen LogP contribution in [0.5, 0.6) is 5.75 Å². The molecular weight excluding hydrogens is 267 g/mol. The summed E-state index contributed by atoms with van der Waals surface area (Å²) < 4.78 is 19.0. The Balaban J connectivity index is 2.34. The lowest BCUT2D eigenvalue weighted by molar-refractivity contribution is 0.0769. The fourth-order valence-electron chi connectivity index (χ4n) is 3.85. The molecule has 0 heterocycles. The molecule has 1 unspecified atom stereocenters. The summed E-state index contributed by atoms with van der Waals surface area (Å²) in [6, 6.07) is 4.94. The lowest BCUT2D eigenvalue weighted by atomic mass is 9.82. The largest absolute Gasteiger partial charge is 0.494 e. The molecule has 0 radical (unpaired) electrons. The van der Waals surface area contributed by atoms with E-state index in [0.717, 1.165) is 31.5 Å². The van der Waals surface area contributed by atoms with Gasteiger partial charge in [0.1, 0.15) is 0 Å². The molecule has 2 rings (SSSR count). The van der Waals surface area contributed by atoms with Crippen LogP contribution in [0.2, 0.25) is 0 Å². The number of ether oxygens (including phenoxy) is 1. The third kappa shape index (κ3) is 2.92. The first kappa shape index (κ1) is 16.2. The lowest BCUT2D eigenvalue weighted by Crippen LogP contribution is -2.53. The first-order valence-electron chi connectivity index (χ1n) is 7.93. The number of hydrogen-bond donors (Lipinski definition) is 1. The van der Waals surface area contributed by atoms with Crippen molar-refractivity contribution in [2.45, 2.75) is 51.1 Å². The number of likely N-dealkylation sites (N-methyl/N-ethyl adjacent to an activating group) is 1. The van der Waals surface area contributed by atoms with E-state index in [1.54, 1.807) is 6.07 Å². The van der Waals surface area contributed by atoms with Gasteiger partial charge in [-0.2, -0.15) is 0 Å². The van der Waals surface area contributed by atoms with Gasteiger partial charge in [0.05, 0.1) is 7.11 Å². The number of nitrogens with two attached hydrogens (primary N) is 1. The van der Waals surface area contributed by atoms with Crippen molar-refractivity contribution < 1.29 is 9.13 Å². The minimum Gasteiger partial charge on any atom is -0.494 e. The second-order valence-corrected chi connectivity index (χ2v) is 5.85. The molecule has 1 aliphatic carbocycles. The Kier molecular flexibility index (Phi) is 5.22. The first-order valence-corrected chi connectivity index (χ1v) is 7.93. The third-order valence-corrected chi connectivity index (χ3v) is 4.98. The van der Waals surface area contributed by atoms with Gasteiger partial charge in [0, 0.05) is 11.6 Å². The smallest absolute Gasteiger partial charge is 0.165 e. The van der Waals surface area contributed by atoms with Crippen LogP contribution in [-0.4, -0.2) is 30.6 Å². The Labute approximate surface area is 127 Å². The van der Waals surface area contributed by atoms with Crippen molar-refractivity contribution in [2.24, 2.45) is 5.73 Å². The predicted octanol–water partition coefficient (Wildman–Crippen LogP) is 3.49. The molecule has 1 aromatic carbocycles. The van der Waals surface area contributed by atoms with Gasteiger partial charge in [-0.3, -0.25) is 4.90 Å². The second kappa shape index (κ2) is 6.75. The molecule has 118 valence electrons. The number of benzene rings is 1. The molecular formula is C17H27FN2O. The minimum absolute atomic E-state index is 0.0372. The summed E-state index contributed by atoms with van der Waals surface area (Å²) in [5, 5.41) is 0. The summed E-state index contributed by atoms with van der Waals surface area (Å²) in [5.74, 6) is -0.0626. The van der Waals surface area contributed by atoms with Crippen LogP contribution in [0.3, 0.4) is 0 Å². The summed E-state index contributed by atoms with van der Waals surface area (Å²) in [6.07, 6.45) is 4.57. The van der Waals surface area contributed by atoms with Crippen molar-refractivity contribution in [1.29, 1.82) is 0 Å². The molecule has 0 aromatic heterocycles. The molecule has 1 fully saturated rings. The molecule has 0 aliphatic heterocycles. The van der Waals surface area contributed by atoms with Crippen LogP contribution in [0.4, 0.5) is 4.39 Å². The average Bonchev–Trinajstić information content (AvgIpc) is 2.98. The number of methoxy groups -OCH3 is 1. The van der Waals surface area contributed by atoms with E-state index in [2.05, 4.69) is 18.7 Å². The van der Waals surface area contributed by atoms with E-state index in [-0.39, 0.29) is 23.1 Å². The molecule has 1 saturated carbocycles. The van der Waals surface area contributed by atoms with Gasteiger partial charge in [-0.15, -0.1) is 0 Å². The molecule has 21 heavy (non-hydrogen) atoms. The lowest BCUT2D eigenvalue weighted by Gasteiger charge is -2.45. The molecule has 0 saturated heterocycles. The minimum atomic E-state index is -0.335.